The average molecular weight is 170 g/mol. The predicted molar refractivity (Wildman–Crippen MR) is 56.2 cm³/mol. The summed E-state index contributed by atoms with van der Waals surface area (Å²) in [7, 11) is 2.18. The highest BCUT2D eigenvalue weighted by Crippen LogP contribution is 2.03. The third kappa shape index (κ3) is 8.06. The van der Waals surface area contributed by atoms with Crippen molar-refractivity contribution in [2.24, 2.45) is 0 Å². The van der Waals surface area contributed by atoms with Gasteiger partial charge in [-0.3, -0.25) is 0 Å². The molecule has 0 aromatic heterocycles. The molecule has 0 spiro atoms. The van der Waals surface area contributed by atoms with Gasteiger partial charge in [0.1, 0.15) is 0 Å². The largest absolute Gasteiger partial charge is 0.307 e. The zero-order valence-electron chi connectivity index (χ0n) is 8.97. The maximum absolute atomic E-state index is 2.43. The number of hydrogen-bond acceptors (Lipinski definition) is 1. The molecule has 0 fully saturated rings. The smallest absolute Gasteiger partial charge is 0.00192 e. The van der Waals surface area contributed by atoms with Gasteiger partial charge >= 0.3 is 0 Å². The Bertz CT molecular complexity index is 81.1. The predicted octanol–water partition coefficient (Wildman–Crippen LogP) is 3.11. The Balaban J connectivity index is 2.90. The summed E-state index contributed by atoms with van der Waals surface area (Å²) >= 11 is 0. The molecule has 0 bridgehead atoms. The molecule has 0 rings (SSSR count). The molecule has 0 heterocycles. The average Bonchev–Trinajstić information content (AvgIpc) is 2.10. The van der Waals surface area contributed by atoms with E-state index in [1.807, 2.05) is 0 Å². The van der Waals surface area contributed by atoms with Crippen LogP contribution >= 0.6 is 0 Å². The van der Waals surface area contributed by atoms with Gasteiger partial charge in [0.15, 0.2) is 0 Å². The Morgan fingerprint density at radius 2 is 1.83 bits per heavy atom. The van der Waals surface area contributed by atoms with Crippen LogP contribution in [0.1, 0.15) is 46.0 Å². The maximum atomic E-state index is 2.43. The first kappa shape index (κ1) is 12.0. The first-order valence-electron chi connectivity index (χ1n) is 5.31. The van der Waals surface area contributed by atoms with Crippen LogP contribution in [0, 0.1) is 6.42 Å². The van der Waals surface area contributed by atoms with E-state index in [1.54, 1.807) is 0 Å². The number of nitrogens with zero attached hydrogens (tertiary/aromatic N) is 1. The molecule has 0 aromatic rings. The molecule has 1 heteroatoms. The van der Waals surface area contributed by atoms with Gasteiger partial charge in [0.2, 0.25) is 0 Å². The van der Waals surface area contributed by atoms with Gasteiger partial charge in [0.05, 0.1) is 0 Å². The highest BCUT2D eigenvalue weighted by atomic mass is 15.1. The van der Waals surface area contributed by atoms with E-state index >= 15 is 0 Å². The third-order valence-corrected chi connectivity index (χ3v) is 2.27. The second kappa shape index (κ2) is 9.05. The lowest BCUT2D eigenvalue weighted by molar-refractivity contribution is 0.354. The fraction of sp³-hybridized carbons (Fsp3) is 0.909. The summed E-state index contributed by atoms with van der Waals surface area (Å²) in [6.45, 7) is 6.85. The van der Waals surface area contributed by atoms with Crippen LogP contribution in [0.3, 0.4) is 0 Å². The van der Waals surface area contributed by atoms with Crippen molar-refractivity contribution >= 4 is 0 Å². The van der Waals surface area contributed by atoms with Gasteiger partial charge in [0.25, 0.3) is 0 Å². The van der Waals surface area contributed by atoms with Crippen LogP contribution in [0.4, 0.5) is 0 Å². The van der Waals surface area contributed by atoms with Crippen LogP contribution in [0.5, 0.6) is 0 Å². The molecular formula is C11H24N. The lowest BCUT2D eigenvalue weighted by Gasteiger charge is -2.12. The second-order valence-corrected chi connectivity index (χ2v) is 3.47. The van der Waals surface area contributed by atoms with E-state index in [-0.39, 0.29) is 0 Å². The van der Waals surface area contributed by atoms with Crippen LogP contribution in [0.25, 0.3) is 0 Å². The number of hydrogen-bond donors (Lipinski definition) is 0. The molecule has 0 N–H and O–H groups in total. The Labute approximate surface area is 78.1 Å². The van der Waals surface area contributed by atoms with Crippen molar-refractivity contribution < 1.29 is 0 Å². The fourth-order valence-electron chi connectivity index (χ4n) is 1.15. The summed E-state index contributed by atoms with van der Waals surface area (Å²) < 4.78 is 0. The van der Waals surface area contributed by atoms with Crippen molar-refractivity contribution in [1.82, 2.24) is 4.90 Å². The van der Waals surface area contributed by atoms with Crippen molar-refractivity contribution in [3.05, 3.63) is 6.42 Å². The van der Waals surface area contributed by atoms with Crippen LogP contribution in [-0.2, 0) is 0 Å². The van der Waals surface area contributed by atoms with Gasteiger partial charge in [-0.25, -0.2) is 0 Å². The lowest BCUT2D eigenvalue weighted by atomic mass is 10.1. The molecule has 0 unspecified atom stereocenters. The highest BCUT2D eigenvalue weighted by molar-refractivity contribution is 4.66. The monoisotopic (exact) mass is 170 g/mol. The van der Waals surface area contributed by atoms with E-state index in [0.29, 0.717) is 0 Å². The summed E-state index contributed by atoms with van der Waals surface area (Å²) in [5.41, 5.74) is 0. The van der Waals surface area contributed by atoms with E-state index in [0.717, 1.165) is 0 Å². The van der Waals surface area contributed by atoms with Gasteiger partial charge in [0, 0.05) is 0 Å². The van der Waals surface area contributed by atoms with Crippen molar-refractivity contribution in [1.29, 1.82) is 0 Å². The Morgan fingerprint density at radius 1 is 1.08 bits per heavy atom. The quantitative estimate of drug-likeness (QED) is 0.506. The topological polar surface area (TPSA) is 3.24 Å². The first-order chi connectivity index (χ1) is 5.81. The normalized spacial score (nSPS) is 11.0. The van der Waals surface area contributed by atoms with Gasteiger partial charge in [-0.05, 0) is 33.0 Å². The van der Waals surface area contributed by atoms with Crippen molar-refractivity contribution in [3.8, 4) is 0 Å². The summed E-state index contributed by atoms with van der Waals surface area (Å²) in [5.74, 6) is 0. The molecule has 0 amide bonds. The zero-order valence-corrected chi connectivity index (χ0v) is 8.97. The summed E-state index contributed by atoms with van der Waals surface area (Å²) in [4.78, 5) is 2.36. The fourth-order valence-corrected chi connectivity index (χ4v) is 1.15. The molecule has 0 aliphatic heterocycles. The minimum Gasteiger partial charge on any atom is -0.307 e. The molecule has 1 nitrogen and oxygen atoms in total. The molecular weight excluding hydrogens is 146 g/mol. The second-order valence-electron chi connectivity index (χ2n) is 3.47. The van der Waals surface area contributed by atoms with Gasteiger partial charge in [-0.1, -0.05) is 39.5 Å². The van der Waals surface area contributed by atoms with E-state index in [9.17, 15) is 0 Å². The van der Waals surface area contributed by atoms with Crippen molar-refractivity contribution in [2.75, 3.05) is 20.1 Å². The minimum absolute atomic E-state index is 1.17. The Morgan fingerprint density at radius 3 is 2.42 bits per heavy atom. The first-order valence-corrected chi connectivity index (χ1v) is 5.31. The van der Waals surface area contributed by atoms with Crippen LogP contribution in [-0.4, -0.2) is 25.0 Å². The van der Waals surface area contributed by atoms with Crippen LogP contribution < -0.4 is 0 Å². The molecule has 0 atom stereocenters. The molecule has 73 valence electrons. The van der Waals surface area contributed by atoms with Crippen LogP contribution in [0.2, 0.25) is 0 Å². The molecule has 0 aliphatic rings. The van der Waals surface area contributed by atoms with Crippen molar-refractivity contribution in [2.45, 2.75) is 46.0 Å². The number of rotatable bonds is 8. The minimum atomic E-state index is 1.17. The third-order valence-electron chi connectivity index (χ3n) is 2.27. The lowest BCUT2D eigenvalue weighted by Crippen LogP contribution is -2.18. The van der Waals surface area contributed by atoms with E-state index in [4.69, 9.17) is 0 Å². The highest BCUT2D eigenvalue weighted by Gasteiger charge is 1.93. The standard InChI is InChI=1S/C11H24N/c1-4-6-7-8-9-10-11-12(3)5-2/h9H,4-8,10-11H2,1-3H3. The summed E-state index contributed by atoms with van der Waals surface area (Å²) in [6, 6.07) is 0. The van der Waals surface area contributed by atoms with Crippen LogP contribution in [0.15, 0.2) is 0 Å². The Hall–Kier alpha value is -0.0400. The zero-order chi connectivity index (χ0) is 9.23. The summed E-state index contributed by atoms with van der Waals surface area (Å²) in [5, 5.41) is 0. The molecule has 0 saturated carbocycles. The molecule has 12 heavy (non-hydrogen) atoms. The van der Waals surface area contributed by atoms with E-state index < -0.39 is 0 Å². The summed E-state index contributed by atoms with van der Waals surface area (Å²) in [6.07, 6.45) is 9.11. The van der Waals surface area contributed by atoms with E-state index in [1.165, 1.54) is 45.2 Å². The molecule has 1 radical (unpaired) electrons. The molecule has 0 aliphatic carbocycles. The Kier molecular flexibility index (Phi) is 9.02. The SMILES string of the molecule is CCCCC[CH]CCN(C)CC. The van der Waals surface area contributed by atoms with Gasteiger partial charge in [-0.2, -0.15) is 0 Å². The molecule has 0 saturated heterocycles. The molecule has 0 aromatic carbocycles. The van der Waals surface area contributed by atoms with E-state index in [2.05, 4.69) is 32.2 Å². The maximum Gasteiger partial charge on any atom is -0.00192 e. The number of unbranched alkanes of at least 4 members (excludes halogenated alkanes) is 5. The van der Waals surface area contributed by atoms with Gasteiger partial charge in [-0.15, -0.1) is 0 Å². The van der Waals surface area contributed by atoms with Gasteiger partial charge < -0.3 is 4.90 Å². The van der Waals surface area contributed by atoms with Crippen molar-refractivity contribution in [3.63, 3.8) is 0 Å².